The second-order valence-electron chi connectivity index (χ2n) is 4.59. The fourth-order valence-electron chi connectivity index (χ4n) is 1.79. The number of alkyl halides is 3. The van der Waals surface area contributed by atoms with Crippen LogP contribution in [0.3, 0.4) is 0 Å². The number of ether oxygens (including phenoxy) is 1. The third-order valence-corrected chi connectivity index (χ3v) is 3.17. The second-order valence-corrected chi connectivity index (χ2v) is 4.99. The number of benzene rings is 2. The van der Waals surface area contributed by atoms with Crippen molar-refractivity contribution in [3.05, 3.63) is 58.9 Å². The van der Waals surface area contributed by atoms with E-state index in [1.165, 1.54) is 30.3 Å². The first kappa shape index (κ1) is 17.9. The van der Waals surface area contributed by atoms with Crippen LogP contribution in [0.1, 0.15) is 5.56 Å². The molecule has 2 rings (SSSR count). The smallest absolute Gasteiger partial charge is 0.404 e. The van der Waals surface area contributed by atoms with E-state index in [1.807, 2.05) is 0 Å². The van der Waals surface area contributed by atoms with Crippen LogP contribution < -0.4 is 15.4 Å². The van der Waals surface area contributed by atoms with E-state index in [0.29, 0.717) is 5.56 Å². The SMILES string of the molecule is O=C(NCc1ccc(F)cc1Cl)Nc1ccccc1OC(F)(F)F. The van der Waals surface area contributed by atoms with Crippen LogP contribution in [0.5, 0.6) is 5.75 Å². The van der Waals surface area contributed by atoms with Crippen LogP contribution in [0, 0.1) is 5.82 Å². The largest absolute Gasteiger partial charge is 0.573 e. The van der Waals surface area contributed by atoms with Crippen molar-refractivity contribution in [2.45, 2.75) is 12.9 Å². The third-order valence-electron chi connectivity index (χ3n) is 2.82. The number of halogens is 5. The Morgan fingerprint density at radius 3 is 2.54 bits per heavy atom. The molecule has 2 aromatic rings. The molecule has 0 atom stereocenters. The summed E-state index contributed by atoms with van der Waals surface area (Å²) in [5.41, 5.74) is 0.297. The van der Waals surface area contributed by atoms with E-state index in [-0.39, 0.29) is 17.3 Å². The average Bonchev–Trinajstić information content (AvgIpc) is 2.47. The van der Waals surface area contributed by atoms with E-state index < -0.39 is 24.0 Å². The summed E-state index contributed by atoms with van der Waals surface area (Å²) in [4.78, 5) is 11.8. The van der Waals surface area contributed by atoms with Crippen LogP contribution in [-0.4, -0.2) is 12.4 Å². The molecule has 0 fully saturated rings. The van der Waals surface area contributed by atoms with E-state index >= 15 is 0 Å². The number of urea groups is 1. The van der Waals surface area contributed by atoms with E-state index in [2.05, 4.69) is 15.4 Å². The Kier molecular flexibility index (Phi) is 5.50. The molecule has 2 N–H and O–H groups in total. The first-order chi connectivity index (χ1) is 11.2. The Morgan fingerprint density at radius 1 is 1.17 bits per heavy atom. The number of rotatable bonds is 4. The summed E-state index contributed by atoms with van der Waals surface area (Å²) in [5.74, 6) is -1.06. The molecule has 0 heterocycles. The third kappa shape index (κ3) is 5.31. The van der Waals surface area contributed by atoms with Crippen molar-refractivity contribution in [1.29, 1.82) is 0 Å². The molecular weight excluding hydrogens is 352 g/mol. The first-order valence-corrected chi connectivity index (χ1v) is 6.96. The lowest BCUT2D eigenvalue weighted by atomic mass is 10.2. The molecule has 0 bridgehead atoms. The summed E-state index contributed by atoms with van der Waals surface area (Å²) in [6.07, 6.45) is -4.88. The lowest BCUT2D eigenvalue weighted by Gasteiger charge is -2.14. The van der Waals surface area contributed by atoms with Crippen molar-refractivity contribution in [2.75, 3.05) is 5.32 Å². The van der Waals surface area contributed by atoms with Crippen molar-refractivity contribution in [3.63, 3.8) is 0 Å². The van der Waals surface area contributed by atoms with E-state index in [9.17, 15) is 22.4 Å². The van der Waals surface area contributed by atoms with Crippen LogP contribution in [0.4, 0.5) is 28.0 Å². The highest BCUT2D eigenvalue weighted by Gasteiger charge is 2.32. The molecule has 2 amide bonds. The number of anilines is 1. The van der Waals surface area contributed by atoms with Gasteiger partial charge in [0.15, 0.2) is 5.75 Å². The molecule has 0 aliphatic carbocycles. The monoisotopic (exact) mass is 362 g/mol. The van der Waals surface area contributed by atoms with Gasteiger partial charge in [0.25, 0.3) is 0 Å². The van der Waals surface area contributed by atoms with Gasteiger partial charge >= 0.3 is 12.4 Å². The van der Waals surface area contributed by atoms with Gasteiger partial charge in [-0.25, -0.2) is 9.18 Å². The van der Waals surface area contributed by atoms with Crippen molar-refractivity contribution in [2.24, 2.45) is 0 Å². The molecule has 128 valence electrons. The highest BCUT2D eigenvalue weighted by molar-refractivity contribution is 6.31. The maximum atomic E-state index is 12.9. The molecule has 24 heavy (non-hydrogen) atoms. The first-order valence-electron chi connectivity index (χ1n) is 6.58. The zero-order valence-electron chi connectivity index (χ0n) is 12.0. The number of amides is 2. The van der Waals surface area contributed by atoms with Crippen molar-refractivity contribution >= 4 is 23.3 Å². The zero-order chi connectivity index (χ0) is 17.7. The van der Waals surface area contributed by atoms with E-state index in [4.69, 9.17) is 11.6 Å². The number of carbonyl (C=O) groups excluding carboxylic acids is 1. The summed E-state index contributed by atoms with van der Waals surface area (Å²) >= 11 is 5.81. The van der Waals surface area contributed by atoms with Crippen molar-refractivity contribution in [3.8, 4) is 5.75 Å². The number of hydrogen-bond acceptors (Lipinski definition) is 2. The molecule has 0 aliphatic rings. The Morgan fingerprint density at radius 2 is 1.88 bits per heavy atom. The van der Waals surface area contributed by atoms with E-state index in [0.717, 1.165) is 12.1 Å². The van der Waals surface area contributed by atoms with Gasteiger partial charge in [0, 0.05) is 11.6 Å². The van der Waals surface area contributed by atoms with Gasteiger partial charge < -0.3 is 15.4 Å². The molecule has 9 heteroatoms. The van der Waals surface area contributed by atoms with Gasteiger partial charge in [-0.1, -0.05) is 29.8 Å². The zero-order valence-corrected chi connectivity index (χ0v) is 12.7. The van der Waals surface area contributed by atoms with Gasteiger partial charge in [0.05, 0.1) is 5.69 Å². The fraction of sp³-hybridized carbons (Fsp3) is 0.133. The average molecular weight is 363 g/mol. The van der Waals surface area contributed by atoms with Gasteiger partial charge in [0.2, 0.25) is 0 Å². The molecule has 2 aromatic carbocycles. The predicted octanol–water partition coefficient (Wildman–Crippen LogP) is 4.70. The summed E-state index contributed by atoms with van der Waals surface area (Å²) in [6, 6.07) is 7.98. The predicted molar refractivity (Wildman–Crippen MR) is 80.4 cm³/mol. The minimum Gasteiger partial charge on any atom is -0.404 e. The van der Waals surface area contributed by atoms with Gasteiger partial charge in [-0.2, -0.15) is 0 Å². The van der Waals surface area contributed by atoms with Crippen LogP contribution in [-0.2, 0) is 6.54 Å². The summed E-state index contributed by atoms with van der Waals surface area (Å²) in [7, 11) is 0. The molecule has 4 nitrogen and oxygen atoms in total. The van der Waals surface area contributed by atoms with Gasteiger partial charge in [-0.15, -0.1) is 13.2 Å². The quantitative estimate of drug-likeness (QED) is 0.775. The highest BCUT2D eigenvalue weighted by atomic mass is 35.5. The number of hydrogen-bond donors (Lipinski definition) is 2. The lowest BCUT2D eigenvalue weighted by molar-refractivity contribution is -0.274. The van der Waals surface area contributed by atoms with Gasteiger partial charge in [-0.3, -0.25) is 0 Å². The Hall–Kier alpha value is -2.48. The fourth-order valence-corrected chi connectivity index (χ4v) is 2.02. The lowest BCUT2D eigenvalue weighted by Crippen LogP contribution is -2.29. The molecule has 0 spiro atoms. The minimum atomic E-state index is -4.88. The molecule has 0 saturated carbocycles. The number of para-hydroxylation sites is 2. The Labute approximate surface area is 139 Å². The van der Waals surface area contributed by atoms with Crippen LogP contribution >= 0.6 is 11.6 Å². The van der Waals surface area contributed by atoms with Crippen molar-refractivity contribution in [1.82, 2.24) is 5.32 Å². The number of carbonyl (C=O) groups is 1. The molecule has 0 aromatic heterocycles. The summed E-state index contributed by atoms with van der Waals surface area (Å²) in [6.45, 7) is -0.0345. The number of nitrogens with one attached hydrogen (secondary N) is 2. The normalized spacial score (nSPS) is 11.0. The van der Waals surface area contributed by atoms with Gasteiger partial charge in [-0.05, 0) is 29.8 Å². The van der Waals surface area contributed by atoms with Crippen molar-refractivity contribution < 1.29 is 27.1 Å². The maximum absolute atomic E-state index is 12.9. The molecule has 0 saturated heterocycles. The van der Waals surface area contributed by atoms with E-state index in [1.54, 1.807) is 0 Å². The van der Waals surface area contributed by atoms with Crippen LogP contribution in [0.15, 0.2) is 42.5 Å². The van der Waals surface area contributed by atoms with Crippen LogP contribution in [0.25, 0.3) is 0 Å². The Balaban J connectivity index is 2.00. The van der Waals surface area contributed by atoms with Crippen LogP contribution in [0.2, 0.25) is 5.02 Å². The molecule has 0 unspecified atom stereocenters. The molecule has 0 radical (unpaired) electrons. The van der Waals surface area contributed by atoms with Gasteiger partial charge in [0.1, 0.15) is 5.82 Å². The maximum Gasteiger partial charge on any atom is 0.573 e. The summed E-state index contributed by atoms with van der Waals surface area (Å²) in [5, 5.41) is 4.77. The minimum absolute atomic E-state index is 0.0345. The second kappa shape index (κ2) is 7.39. The summed E-state index contributed by atoms with van der Waals surface area (Å²) < 4.78 is 53.7. The highest BCUT2D eigenvalue weighted by Crippen LogP contribution is 2.29. The Bertz CT molecular complexity index is 738. The standard InChI is InChI=1S/C15H11ClF4N2O2/c16-11-7-10(17)6-5-9(11)8-21-14(23)22-12-3-1-2-4-13(12)24-15(18,19)20/h1-7H,8H2,(H2,21,22,23). The topological polar surface area (TPSA) is 50.4 Å². The molecule has 0 aliphatic heterocycles. The molecular formula is C15H11ClF4N2O2.